The Bertz CT molecular complexity index is 631. The van der Waals surface area contributed by atoms with Crippen molar-refractivity contribution >= 4 is 31.6 Å². The minimum Gasteiger partial charge on any atom is -0.495 e. The molecule has 1 aliphatic rings. The van der Waals surface area contributed by atoms with Crippen LogP contribution in [0, 0.1) is 11.8 Å². The zero-order chi connectivity index (χ0) is 15.8. The van der Waals surface area contributed by atoms with Crippen LogP contribution < -0.4 is 10.5 Å². The van der Waals surface area contributed by atoms with E-state index in [1.165, 1.54) is 17.5 Å². The Balaban J connectivity index is 2.39. The van der Waals surface area contributed by atoms with E-state index in [4.69, 9.17) is 10.5 Å². The molecule has 0 radical (unpaired) electrons. The second kappa shape index (κ2) is 6.14. The molecular weight excluding hydrogens is 356 g/mol. The molecule has 2 N–H and O–H groups in total. The minimum atomic E-state index is -3.58. The number of nitrogens with two attached hydrogens (primary N) is 1. The number of nitrogens with zero attached hydrogens (tertiary/aromatic N) is 1. The van der Waals surface area contributed by atoms with Crippen molar-refractivity contribution in [2.45, 2.75) is 25.2 Å². The summed E-state index contributed by atoms with van der Waals surface area (Å²) in [5.41, 5.74) is 6.21. The fraction of sp³-hybridized carbons (Fsp3) is 0.571. The van der Waals surface area contributed by atoms with Gasteiger partial charge in [-0.1, -0.05) is 13.8 Å². The van der Waals surface area contributed by atoms with Gasteiger partial charge in [0.2, 0.25) is 10.0 Å². The molecule has 1 aliphatic heterocycles. The Labute approximate surface area is 134 Å². The molecule has 0 aliphatic carbocycles. The first-order valence-electron chi connectivity index (χ1n) is 6.90. The van der Waals surface area contributed by atoms with Crippen molar-refractivity contribution in [2.24, 2.45) is 11.8 Å². The van der Waals surface area contributed by atoms with Gasteiger partial charge in [-0.05, 0) is 46.3 Å². The van der Waals surface area contributed by atoms with Gasteiger partial charge in [0, 0.05) is 23.2 Å². The van der Waals surface area contributed by atoms with Gasteiger partial charge in [-0.25, -0.2) is 8.42 Å². The highest BCUT2D eigenvalue weighted by atomic mass is 79.9. The van der Waals surface area contributed by atoms with Gasteiger partial charge in [0.25, 0.3) is 0 Å². The van der Waals surface area contributed by atoms with Crippen molar-refractivity contribution in [3.63, 3.8) is 0 Å². The molecule has 1 atom stereocenters. The molecule has 5 nitrogen and oxygen atoms in total. The standard InChI is InChI=1S/C14H21BrN2O3S/c1-9(2)10-4-5-17(8-10)21(18,19)14-7-12(16)11(15)6-13(14)20-3/h6-7,9-10H,4-5,8,16H2,1-3H3. The third-order valence-electron chi connectivity index (χ3n) is 4.03. The van der Waals surface area contributed by atoms with Gasteiger partial charge < -0.3 is 10.5 Å². The van der Waals surface area contributed by atoms with Gasteiger partial charge in [0.1, 0.15) is 10.6 Å². The lowest BCUT2D eigenvalue weighted by Gasteiger charge is -2.20. The molecule has 0 aromatic heterocycles. The van der Waals surface area contributed by atoms with E-state index in [-0.39, 0.29) is 4.90 Å². The fourth-order valence-corrected chi connectivity index (χ4v) is 4.57. The third-order valence-corrected chi connectivity index (χ3v) is 6.60. The Morgan fingerprint density at radius 3 is 2.62 bits per heavy atom. The topological polar surface area (TPSA) is 72.6 Å². The molecule has 0 saturated carbocycles. The van der Waals surface area contributed by atoms with Crippen molar-refractivity contribution in [3.8, 4) is 5.75 Å². The summed E-state index contributed by atoms with van der Waals surface area (Å²) in [5, 5.41) is 0. The number of hydrogen-bond donors (Lipinski definition) is 1. The van der Waals surface area contributed by atoms with Crippen LogP contribution in [0.2, 0.25) is 0 Å². The highest BCUT2D eigenvalue weighted by Crippen LogP contribution is 2.36. The Morgan fingerprint density at radius 1 is 1.43 bits per heavy atom. The SMILES string of the molecule is COc1cc(Br)c(N)cc1S(=O)(=O)N1CCC(C(C)C)C1. The van der Waals surface area contributed by atoms with Crippen LogP contribution in [0.3, 0.4) is 0 Å². The Morgan fingerprint density at radius 2 is 2.10 bits per heavy atom. The van der Waals surface area contributed by atoms with Gasteiger partial charge in [-0.2, -0.15) is 4.31 Å². The van der Waals surface area contributed by atoms with Crippen LogP contribution in [0.15, 0.2) is 21.5 Å². The number of anilines is 1. The summed E-state index contributed by atoms with van der Waals surface area (Å²) in [4.78, 5) is 0.134. The normalized spacial score (nSPS) is 20.1. The summed E-state index contributed by atoms with van der Waals surface area (Å²) < 4.78 is 33.0. The second-order valence-electron chi connectivity index (χ2n) is 5.68. The predicted molar refractivity (Wildman–Crippen MR) is 86.8 cm³/mol. The van der Waals surface area contributed by atoms with E-state index in [1.54, 1.807) is 6.07 Å². The number of methoxy groups -OCH3 is 1. The summed E-state index contributed by atoms with van der Waals surface area (Å²) in [7, 11) is -2.12. The molecule has 1 heterocycles. The average molecular weight is 377 g/mol. The summed E-state index contributed by atoms with van der Waals surface area (Å²) in [6.07, 6.45) is 0.894. The first kappa shape index (κ1) is 16.6. The molecule has 0 spiro atoms. The van der Waals surface area contributed by atoms with Gasteiger partial charge >= 0.3 is 0 Å². The van der Waals surface area contributed by atoms with Crippen molar-refractivity contribution < 1.29 is 13.2 Å². The molecule has 21 heavy (non-hydrogen) atoms. The van der Waals surface area contributed by atoms with Crippen molar-refractivity contribution in [2.75, 3.05) is 25.9 Å². The number of halogens is 1. The third kappa shape index (κ3) is 3.19. The van der Waals surface area contributed by atoms with Crippen LogP contribution in [0.5, 0.6) is 5.75 Å². The lowest BCUT2D eigenvalue weighted by molar-refractivity contribution is 0.382. The first-order chi connectivity index (χ1) is 9.77. The fourth-order valence-electron chi connectivity index (χ4n) is 2.57. The molecule has 1 aromatic rings. The molecule has 7 heteroatoms. The number of sulfonamides is 1. The van der Waals surface area contributed by atoms with Crippen molar-refractivity contribution in [1.82, 2.24) is 4.31 Å². The number of rotatable bonds is 4. The van der Waals surface area contributed by atoms with Crippen LogP contribution in [0.1, 0.15) is 20.3 Å². The van der Waals surface area contributed by atoms with E-state index in [1.807, 2.05) is 0 Å². The van der Waals surface area contributed by atoms with E-state index < -0.39 is 10.0 Å². The largest absolute Gasteiger partial charge is 0.495 e. The maximum Gasteiger partial charge on any atom is 0.246 e. The maximum absolute atomic E-state index is 12.8. The lowest BCUT2D eigenvalue weighted by Crippen LogP contribution is -2.30. The molecule has 0 bridgehead atoms. The molecule has 2 rings (SSSR count). The Kier molecular flexibility index (Phi) is 4.85. The summed E-state index contributed by atoms with van der Waals surface area (Å²) in [6, 6.07) is 3.05. The van der Waals surface area contributed by atoms with Crippen molar-refractivity contribution in [3.05, 3.63) is 16.6 Å². The van der Waals surface area contributed by atoms with Gasteiger partial charge in [0.05, 0.1) is 7.11 Å². The Hall–Kier alpha value is -0.790. The number of nitrogen functional groups attached to an aromatic ring is 1. The van der Waals surface area contributed by atoms with Gasteiger partial charge in [0.15, 0.2) is 0 Å². The highest BCUT2D eigenvalue weighted by Gasteiger charge is 2.35. The molecule has 1 fully saturated rings. The number of ether oxygens (including phenoxy) is 1. The quantitative estimate of drug-likeness (QED) is 0.819. The van der Waals surface area contributed by atoms with E-state index in [9.17, 15) is 8.42 Å². The van der Waals surface area contributed by atoms with Crippen molar-refractivity contribution in [1.29, 1.82) is 0 Å². The van der Waals surface area contributed by atoms with Crippen LogP contribution >= 0.6 is 15.9 Å². The number of benzene rings is 1. The average Bonchev–Trinajstić information content (AvgIpc) is 2.91. The maximum atomic E-state index is 12.8. The van der Waals surface area contributed by atoms with Gasteiger partial charge in [-0.3, -0.25) is 0 Å². The van der Waals surface area contributed by atoms with E-state index in [2.05, 4.69) is 29.8 Å². The lowest BCUT2D eigenvalue weighted by atomic mass is 9.96. The second-order valence-corrected chi connectivity index (χ2v) is 8.44. The molecule has 1 unspecified atom stereocenters. The summed E-state index contributed by atoms with van der Waals surface area (Å²) in [5.74, 6) is 1.18. The first-order valence-corrected chi connectivity index (χ1v) is 9.13. The molecule has 118 valence electrons. The molecule has 1 saturated heterocycles. The molecule has 0 amide bonds. The zero-order valence-electron chi connectivity index (χ0n) is 12.5. The van der Waals surface area contributed by atoms with Crippen LogP contribution in [-0.2, 0) is 10.0 Å². The number of hydrogen-bond acceptors (Lipinski definition) is 4. The summed E-state index contributed by atoms with van der Waals surface area (Å²) >= 11 is 3.29. The smallest absolute Gasteiger partial charge is 0.246 e. The van der Waals surface area contributed by atoms with E-state index in [0.717, 1.165) is 6.42 Å². The van der Waals surface area contributed by atoms with E-state index in [0.29, 0.717) is 40.8 Å². The van der Waals surface area contributed by atoms with Crippen LogP contribution in [0.4, 0.5) is 5.69 Å². The van der Waals surface area contributed by atoms with Gasteiger partial charge in [-0.15, -0.1) is 0 Å². The van der Waals surface area contributed by atoms with Crippen LogP contribution in [-0.4, -0.2) is 32.9 Å². The summed E-state index contributed by atoms with van der Waals surface area (Å²) in [6.45, 7) is 5.35. The van der Waals surface area contributed by atoms with Crippen LogP contribution in [0.25, 0.3) is 0 Å². The minimum absolute atomic E-state index is 0.134. The molecular formula is C14H21BrN2O3S. The monoisotopic (exact) mass is 376 g/mol. The highest BCUT2D eigenvalue weighted by molar-refractivity contribution is 9.10. The molecule has 1 aromatic carbocycles. The predicted octanol–water partition coefficient (Wildman–Crippen LogP) is 2.71. The zero-order valence-corrected chi connectivity index (χ0v) is 14.9. The van der Waals surface area contributed by atoms with E-state index >= 15 is 0 Å².